The summed E-state index contributed by atoms with van der Waals surface area (Å²) >= 11 is 6.12. The zero-order chi connectivity index (χ0) is 14.7. The van der Waals surface area contributed by atoms with Gasteiger partial charge in [0.05, 0.1) is 11.4 Å². The number of nitrogens with zero attached hydrogens (tertiary/aromatic N) is 2. The molecule has 0 bridgehead atoms. The molecule has 2 rings (SSSR count). The zero-order valence-corrected chi connectivity index (χ0v) is 13.1. The highest BCUT2D eigenvalue weighted by Gasteiger charge is 2.11. The smallest absolute Gasteiger partial charge is 0.0679 e. The molecular weight excluding hydrogens is 270 g/mol. The Morgan fingerprint density at radius 1 is 1.30 bits per heavy atom. The molecule has 2 N–H and O–H groups in total. The topological polar surface area (TPSA) is 43.8 Å². The molecule has 1 heterocycles. The summed E-state index contributed by atoms with van der Waals surface area (Å²) in [6, 6.07) is 8.10. The molecule has 1 unspecified atom stereocenters. The summed E-state index contributed by atoms with van der Waals surface area (Å²) in [5.41, 5.74) is 9.38. The van der Waals surface area contributed by atoms with Crippen LogP contribution < -0.4 is 5.73 Å². The molecule has 20 heavy (non-hydrogen) atoms. The fourth-order valence-corrected chi connectivity index (χ4v) is 2.34. The molecule has 0 spiro atoms. The molecule has 0 radical (unpaired) electrons. The predicted molar refractivity (Wildman–Crippen MR) is 84.6 cm³/mol. The van der Waals surface area contributed by atoms with Crippen LogP contribution in [0.1, 0.15) is 44.4 Å². The van der Waals surface area contributed by atoms with E-state index < -0.39 is 0 Å². The molecule has 0 aliphatic heterocycles. The van der Waals surface area contributed by atoms with E-state index in [1.165, 1.54) is 0 Å². The van der Waals surface area contributed by atoms with Gasteiger partial charge in [0.25, 0.3) is 0 Å². The van der Waals surface area contributed by atoms with Gasteiger partial charge < -0.3 is 5.73 Å². The number of rotatable bonds is 5. The van der Waals surface area contributed by atoms with Crippen molar-refractivity contribution in [3.63, 3.8) is 0 Å². The molecule has 0 aliphatic rings. The second kappa shape index (κ2) is 6.42. The Balaban J connectivity index is 2.38. The SMILES string of the molecule is CCC(N)Cc1cc(Cl)ccc1-n1ccc(C(C)C)n1. The summed E-state index contributed by atoms with van der Waals surface area (Å²) in [4.78, 5) is 0. The Morgan fingerprint density at radius 3 is 2.65 bits per heavy atom. The zero-order valence-electron chi connectivity index (χ0n) is 12.3. The highest BCUT2D eigenvalue weighted by Crippen LogP contribution is 2.22. The van der Waals surface area contributed by atoms with E-state index in [1.54, 1.807) is 0 Å². The van der Waals surface area contributed by atoms with Gasteiger partial charge in [-0.1, -0.05) is 32.4 Å². The van der Waals surface area contributed by atoms with Gasteiger partial charge >= 0.3 is 0 Å². The third kappa shape index (κ3) is 3.41. The lowest BCUT2D eigenvalue weighted by atomic mass is 10.0. The number of nitrogens with two attached hydrogens (primary N) is 1. The Morgan fingerprint density at radius 2 is 2.05 bits per heavy atom. The van der Waals surface area contributed by atoms with Crippen LogP contribution >= 0.6 is 11.6 Å². The van der Waals surface area contributed by atoms with Gasteiger partial charge in [0.15, 0.2) is 0 Å². The van der Waals surface area contributed by atoms with Crippen LogP contribution in [0, 0.1) is 0 Å². The fourth-order valence-electron chi connectivity index (χ4n) is 2.15. The third-order valence-electron chi connectivity index (χ3n) is 3.50. The van der Waals surface area contributed by atoms with Crippen molar-refractivity contribution in [3.8, 4) is 5.69 Å². The lowest BCUT2D eigenvalue weighted by Gasteiger charge is -2.14. The molecule has 1 atom stereocenters. The van der Waals surface area contributed by atoms with E-state index in [1.807, 2.05) is 29.1 Å². The monoisotopic (exact) mass is 291 g/mol. The quantitative estimate of drug-likeness (QED) is 0.907. The predicted octanol–water partition coefficient (Wildman–Crippen LogP) is 3.93. The van der Waals surface area contributed by atoms with E-state index in [0.29, 0.717) is 5.92 Å². The summed E-state index contributed by atoms with van der Waals surface area (Å²) in [7, 11) is 0. The molecule has 108 valence electrons. The minimum absolute atomic E-state index is 0.146. The van der Waals surface area contributed by atoms with E-state index in [-0.39, 0.29) is 6.04 Å². The highest BCUT2D eigenvalue weighted by atomic mass is 35.5. The molecule has 1 aromatic carbocycles. The van der Waals surface area contributed by atoms with Crippen molar-refractivity contribution in [1.82, 2.24) is 9.78 Å². The molecule has 0 saturated heterocycles. The Hall–Kier alpha value is -1.32. The van der Waals surface area contributed by atoms with Crippen molar-refractivity contribution in [1.29, 1.82) is 0 Å². The summed E-state index contributed by atoms with van der Waals surface area (Å²) in [5, 5.41) is 5.38. The molecule has 3 nitrogen and oxygen atoms in total. The Kier molecular flexibility index (Phi) is 4.84. The second-order valence-electron chi connectivity index (χ2n) is 5.49. The van der Waals surface area contributed by atoms with Gasteiger partial charge in [0, 0.05) is 17.3 Å². The van der Waals surface area contributed by atoms with Gasteiger partial charge in [-0.2, -0.15) is 5.10 Å². The van der Waals surface area contributed by atoms with Gasteiger partial charge in [0.2, 0.25) is 0 Å². The molecule has 0 aliphatic carbocycles. The van der Waals surface area contributed by atoms with Gasteiger partial charge in [-0.05, 0) is 48.6 Å². The van der Waals surface area contributed by atoms with Gasteiger partial charge in [-0.3, -0.25) is 0 Å². The molecule has 1 aromatic heterocycles. The van der Waals surface area contributed by atoms with Crippen LogP contribution in [0.25, 0.3) is 5.69 Å². The molecule has 2 aromatic rings. The van der Waals surface area contributed by atoms with Crippen LogP contribution in [-0.2, 0) is 6.42 Å². The van der Waals surface area contributed by atoms with Crippen molar-refractivity contribution < 1.29 is 0 Å². The van der Waals surface area contributed by atoms with Crippen LogP contribution in [0.2, 0.25) is 5.02 Å². The summed E-state index contributed by atoms with van der Waals surface area (Å²) in [6.45, 7) is 6.38. The van der Waals surface area contributed by atoms with E-state index in [4.69, 9.17) is 17.3 Å². The van der Waals surface area contributed by atoms with Crippen molar-refractivity contribution in [2.24, 2.45) is 5.73 Å². The second-order valence-corrected chi connectivity index (χ2v) is 5.92. The number of halogens is 1. The maximum Gasteiger partial charge on any atom is 0.0679 e. The maximum atomic E-state index is 6.12. The van der Waals surface area contributed by atoms with Crippen molar-refractivity contribution >= 4 is 11.6 Å². The van der Waals surface area contributed by atoms with Gasteiger partial charge in [-0.15, -0.1) is 0 Å². The average Bonchev–Trinajstić information content (AvgIpc) is 2.88. The van der Waals surface area contributed by atoms with Crippen LogP contribution in [-0.4, -0.2) is 15.8 Å². The standard InChI is InChI=1S/C16H22ClN3/c1-4-14(18)10-12-9-13(17)5-6-16(12)20-8-7-15(19-20)11(2)3/h5-9,11,14H,4,10,18H2,1-3H3. The summed E-state index contributed by atoms with van der Waals surface area (Å²) in [5.74, 6) is 0.421. The van der Waals surface area contributed by atoms with E-state index in [9.17, 15) is 0 Å². The first kappa shape index (κ1) is 15.1. The van der Waals surface area contributed by atoms with Gasteiger partial charge in [0.1, 0.15) is 0 Å². The van der Waals surface area contributed by atoms with Crippen LogP contribution in [0.5, 0.6) is 0 Å². The Labute approximate surface area is 125 Å². The highest BCUT2D eigenvalue weighted by molar-refractivity contribution is 6.30. The van der Waals surface area contributed by atoms with Crippen molar-refractivity contribution in [3.05, 3.63) is 46.7 Å². The lowest BCUT2D eigenvalue weighted by molar-refractivity contribution is 0.641. The number of aromatic nitrogens is 2. The van der Waals surface area contributed by atoms with E-state index in [2.05, 4.69) is 31.9 Å². The lowest BCUT2D eigenvalue weighted by Crippen LogP contribution is -2.22. The van der Waals surface area contributed by atoms with Crippen LogP contribution in [0.4, 0.5) is 0 Å². The van der Waals surface area contributed by atoms with E-state index >= 15 is 0 Å². The average molecular weight is 292 g/mol. The fraction of sp³-hybridized carbons (Fsp3) is 0.438. The molecule has 0 saturated carbocycles. The van der Waals surface area contributed by atoms with Crippen molar-refractivity contribution in [2.45, 2.75) is 45.6 Å². The molecule has 0 fully saturated rings. The van der Waals surface area contributed by atoms with E-state index in [0.717, 1.165) is 34.8 Å². The minimum atomic E-state index is 0.146. The number of benzene rings is 1. The minimum Gasteiger partial charge on any atom is -0.327 e. The molecule has 4 heteroatoms. The largest absolute Gasteiger partial charge is 0.327 e. The molecule has 0 amide bonds. The van der Waals surface area contributed by atoms with Crippen LogP contribution in [0.15, 0.2) is 30.5 Å². The summed E-state index contributed by atoms with van der Waals surface area (Å²) in [6.07, 6.45) is 3.76. The Bertz CT molecular complexity index is 575. The first-order chi connectivity index (χ1) is 9.51. The summed E-state index contributed by atoms with van der Waals surface area (Å²) < 4.78 is 1.92. The molecular formula is C16H22ClN3. The first-order valence-electron chi connectivity index (χ1n) is 7.11. The third-order valence-corrected chi connectivity index (χ3v) is 3.73. The normalized spacial score (nSPS) is 12.9. The van der Waals surface area contributed by atoms with Crippen molar-refractivity contribution in [2.75, 3.05) is 0 Å². The number of hydrogen-bond donors (Lipinski definition) is 1. The van der Waals surface area contributed by atoms with Gasteiger partial charge in [-0.25, -0.2) is 4.68 Å². The maximum absolute atomic E-state index is 6.12. The van der Waals surface area contributed by atoms with Crippen LogP contribution in [0.3, 0.4) is 0 Å². The first-order valence-corrected chi connectivity index (χ1v) is 7.49. The number of hydrogen-bond acceptors (Lipinski definition) is 2.